The van der Waals surface area contributed by atoms with Gasteiger partial charge in [0.25, 0.3) is 0 Å². The third kappa shape index (κ3) is 2.53. The van der Waals surface area contributed by atoms with Crippen LogP contribution in [0.2, 0.25) is 0 Å². The van der Waals surface area contributed by atoms with Gasteiger partial charge in [0.2, 0.25) is 5.60 Å². The zero-order valence-corrected chi connectivity index (χ0v) is 11.4. The van der Waals surface area contributed by atoms with Crippen molar-refractivity contribution in [1.82, 2.24) is 0 Å². The predicted octanol–water partition coefficient (Wildman–Crippen LogP) is 2.58. The second-order valence-electron chi connectivity index (χ2n) is 4.08. The lowest BCUT2D eigenvalue weighted by Crippen LogP contribution is -2.31. The average molecular weight is 334 g/mol. The highest BCUT2D eigenvalue weighted by Crippen LogP contribution is 2.44. The van der Waals surface area contributed by atoms with E-state index in [0.29, 0.717) is 12.8 Å². The fourth-order valence-electron chi connectivity index (χ4n) is 1.60. The van der Waals surface area contributed by atoms with Gasteiger partial charge >= 0.3 is 11.7 Å². The fourth-order valence-corrected chi connectivity index (χ4v) is 1.92. The van der Waals surface area contributed by atoms with Gasteiger partial charge < -0.3 is 9.47 Å². The van der Waals surface area contributed by atoms with E-state index >= 15 is 0 Å². The lowest BCUT2D eigenvalue weighted by atomic mass is 10.2. The Labute approximate surface area is 115 Å². The van der Waals surface area contributed by atoms with Crippen LogP contribution in [0.25, 0.3) is 0 Å². The fraction of sp³-hybridized carbons (Fsp3) is 0.364. The SMILES string of the molecule is COC(=O)C1(Oc2cc(Br)c(F)cc2[N+](=O)[O-])CC1. The van der Waals surface area contributed by atoms with Crippen LogP contribution in [0.5, 0.6) is 5.75 Å². The molecule has 0 heterocycles. The summed E-state index contributed by atoms with van der Waals surface area (Å²) in [6.07, 6.45) is 0.817. The predicted molar refractivity (Wildman–Crippen MR) is 65.4 cm³/mol. The molecule has 0 N–H and O–H groups in total. The Kier molecular flexibility index (Phi) is 3.44. The van der Waals surface area contributed by atoms with Gasteiger partial charge in [0, 0.05) is 18.9 Å². The van der Waals surface area contributed by atoms with Crippen LogP contribution in [-0.2, 0) is 9.53 Å². The van der Waals surface area contributed by atoms with Crippen LogP contribution in [0.15, 0.2) is 16.6 Å². The summed E-state index contributed by atoms with van der Waals surface area (Å²) in [5, 5.41) is 10.9. The van der Waals surface area contributed by atoms with Crippen molar-refractivity contribution in [3.63, 3.8) is 0 Å². The number of esters is 1. The normalized spacial score (nSPS) is 15.7. The van der Waals surface area contributed by atoms with Crippen molar-refractivity contribution >= 4 is 27.6 Å². The maximum Gasteiger partial charge on any atom is 0.350 e. The number of nitro benzene ring substituents is 1. The van der Waals surface area contributed by atoms with Crippen molar-refractivity contribution in [3.8, 4) is 5.75 Å². The summed E-state index contributed by atoms with van der Waals surface area (Å²) in [6.45, 7) is 0. The van der Waals surface area contributed by atoms with Gasteiger partial charge in [0.05, 0.1) is 22.6 Å². The molecule has 2 rings (SSSR count). The topological polar surface area (TPSA) is 78.7 Å². The van der Waals surface area contributed by atoms with E-state index in [4.69, 9.17) is 4.74 Å². The molecule has 0 atom stereocenters. The Bertz CT molecular complexity index is 558. The number of hydrogen-bond acceptors (Lipinski definition) is 5. The molecular weight excluding hydrogens is 325 g/mol. The van der Waals surface area contributed by atoms with Crippen LogP contribution >= 0.6 is 15.9 Å². The van der Waals surface area contributed by atoms with Crippen LogP contribution in [0, 0.1) is 15.9 Å². The molecule has 1 aliphatic carbocycles. The molecule has 19 heavy (non-hydrogen) atoms. The average Bonchev–Trinajstić information content (AvgIpc) is 3.13. The number of benzene rings is 1. The number of carbonyl (C=O) groups excluding carboxylic acids is 1. The highest BCUT2D eigenvalue weighted by molar-refractivity contribution is 9.10. The molecule has 0 spiro atoms. The molecule has 0 unspecified atom stereocenters. The molecule has 1 fully saturated rings. The Morgan fingerprint density at radius 1 is 1.53 bits per heavy atom. The summed E-state index contributed by atoms with van der Waals surface area (Å²) in [6, 6.07) is 1.88. The minimum atomic E-state index is -1.18. The van der Waals surface area contributed by atoms with Gasteiger partial charge in [-0.2, -0.15) is 0 Å². The van der Waals surface area contributed by atoms with E-state index in [1.165, 1.54) is 7.11 Å². The van der Waals surface area contributed by atoms with Crippen molar-refractivity contribution in [3.05, 3.63) is 32.5 Å². The number of nitrogens with zero attached hydrogens (tertiary/aromatic N) is 1. The van der Waals surface area contributed by atoms with E-state index in [-0.39, 0.29) is 10.2 Å². The Morgan fingerprint density at radius 2 is 2.16 bits per heavy atom. The third-order valence-corrected chi connectivity index (χ3v) is 3.37. The van der Waals surface area contributed by atoms with E-state index < -0.39 is 28.0 Å². The summed E-state index contributed by atoms with van der Waals surface area (Å²) in [7, 11) is 1.21. The lowest BCUT2D eigenvalue weighted by Gasteiger charge is -2.15. The molecule has 0 amide bonds. The minimum Gasteiger partial charge on any atom is -0.468 e. The summed E-state index contributed by atoms with van der Waals surface area (Å²) < 4.78 is 23.3. The molecule has 1 saturated carbocycles. The highest BCUT2D eigenvalue weighted by atomic mass is 79.9. The molecule has 1 aromatic carbocycles. The first kappa shape index (κ1) is 13.7. The van der Waals surface area contributed by atoms with Gasteiger partial charge in [-0.05, 0) is 15.9 Å². The minimum absolute atomic E-state index is 0.0220. The van der Waals surface area contributed by atoms with Crippen molar-refractivity contribution < 1.29 is 23.6 Å². The van der Waals surface area contributed by atoms with Gasteiger partial charge in [-0.15, -0.1) is 0 Å². The first-order chi connectivity index (χ1) is 8.89. The number of hydrogen-bond donors (Lipinski definition) is 0. The van der Waals surface area contributed by atoms with Gasteiger partial charge in [-0.1, -0.05) is 0 Å². The van der Waals surface area contributed by atoms with Gasteiger partial charge in [0.1, 0.15) is 5.82 Å². The zero-order chi connectivity index (χ0) is 14.2. The van der Waals surface area contributed by atoms with Crippen molar-refractivity contribution in [1.29, 1.82) is 0 Å². The Morgan fingerprint density at radius 3 is 2.63 bits per heavy atom. The number of carbonyl (C=O) groups is 1. The van der Waals surface area contributed by atoms with Crippen molar-refractivity contribution in [2.24, 2.45) is 0 Å². The van der Waals surface area contributed by atoms with Gasteiger partial charge in [-0.3, -0.25) is 10.1 Å². The number of rotatable bonds is 4. The third-order valence-electron chi connectivity index (χ3n) is 2.77. The van der Waals surface area contributed by atoms with Crippen LogP contribution in [0.4, 0.5) is 10.1 Å². The summed E-state index contributed by atoms with van der Waals surface area (Å²) in [5.41, 5.74) is -1.72. The Hall–Kier alpha value is -1.70. The van der Waals surface area contributed by atoms with E-state index in [2.05, 4.69) is 20.7 Å². The van der Waals surface area contributed by atoms with Crippen molar-refractivity contribution in [2.45, 2.75) is 18.4 Å². The summed E-state index contributed by atoms with van der Waals surface area (Å²) >= 11 is 2.92. The van der Waals surface area contributed by atoms with Crippen LogP contribution in [0.3, 0.4) is 0 Å². The lowest BCUT2D eigenvalue weighted by molar-refractivity contribution is -0.386. The molecule has 6 nitrogen and oxygen atoms in total. The molecule has 0 aromatic heterocycles. The van der Waals surface area contributed by atoms with Crippen LogP contribution < -0.4 is 4.74 Å². The smallest absolute Gasteiger partial charge is 0.350 e. The standard InChI is InChI=1S/C11H9BrFNO5/c1-18-10(15)11(2-3-11)19-9-4-6(12)7(13)5-8(9)14(16)17/h4-5H,2-3H2,1H3. The zero-order valence-electron chi connectivity index (χ0n) is 9.81. The van der Waals surface area contributed by atoms with E-state index in [1.807, 2.05) is 0 Å². The molecule has 0 aliphatic heterocycles. The molecule has 102 valence electrons. The second-order valence-corrected chi connectivity index (χ2v) is 4.93. The number of nitro groups is 1. The first-order valence-corrected chi connectivity index (χ1v) is 6.10. The summed E-state index contributed by atoms with van der Waals surface area (Å²) in [5.74, 6) is -1.54. The quantitative estimate of drug-likeness (QED) is 0.480. The molecule has 1 aromatic rings. The van der Waals surface area contributed by atoms with Gasteiger partial charge in [0.15, 0.2) is 5.75 Å². The van der Waals surface area contributed by atoms with Crippen LogP contribution in [0.1, 0.15) is 12.8 Å². The number of halogens is 2. The van der Waals surface area contributed by atoms with E-state index in [1.54, 1.807) is 0 Å². The molecule has 8 heteroatoms. The second kappa shape index (κ2) is 4.76. The molecule has 1 aliphatic rings. The van der Waals surface area contributed by atoms with Crippen LogP contribution in [-0.4, -0.2) is 23.6 Å². The molecule has 0 saturated heterocycles. The van der Waals surface area contributed by atoms with E-state index in [0.717, 1.165) is 12.1 Å². The summed E-state index contributed by atoms with van der Waals surface area (Å²) in [4.78, 5) is 21.6. The maximum absolute atomic E-state index is 13.3. The molecule has 0 bridgehead atoms. The monoisotopic (exact) mass is 333 g/mol. The first-order valence-electron chi connectivity index (χ1n) is 5.30. The molecular formula is C11H9BrFNO5. The van der Waals surface area contributed by atoms with Gasteiger partial charge in [-0.25, -0.2) is 9.18 Å². The molecule has 0 radical (unpaired) electrons. The highest BCUT2D eigenvalue weighted by Gasteiger charge is 2.55. The van der Waals surface area contributed by atoms with Crippen molar-refractivity contribution in [2.75, 3.05) is 7.11 Å². The number of ether oxygens (including phenoxy) is 2. The van der Waals surface area contributed by atoms with E-state index in [9.17, 15) is 19.3 Å². The number of methoxy groups -OCH3 is 1. The largest absolute Gasteiger partial charge is 0.468 e. The maximum atomic E-state index is 13.3. The Balaban J connectivity index is 2.37.